The summed E-state index contributed by atoms with van der Waals surface area (Å²) >= 11 is 0. The molecule has 1 aromatic carbocycles. The lowest BCUT2D eigenvalue weighted by Gasteiger charge is -2.29. The van der Waals surface area contributed by atoms with Crippen LogP contribution in [0.25, 0.3) is 0 Å². The van der Waals surface area contributed by atoms with Gasteiger partial charge in [-0.15, -0.1) is 0 Å². The normalized spacial score (nSPS) is 23.5. The fourth-order valence-corrected chi connectivity index (χ4v) is 3.65. The largest absolute Gasteiger partial charge is 0.381 e. The molecule has 0 spiro atoms. The van der Waals surface area contributed by atoms with Crippen LogP contribution in [-0.4, -0.2) is 33.7 Å². The first kappa shape index (κ1) is 15.3. The highest BCUT2D eigenvalue weighted by Crippen LogP contribution is 2.24. The summed E-state index contributed by atoms with van der Waals surface area (Å²) < 4.78 is 32.4. The first-order chi connectivity index (χ1) is 9.53. The minimum atomic E-state index is -3.45. The van der Waals surface area contributed by atoms with Gasteiger partial charge in [-0.25, -0.2) is 13.1 Å². The van der Waals surface area contributed by atoms with E-state index in [1.807, 2.05) is 19.1 Å². The second kappa shape index (κ2) is 6.56. The fraction of sp³-hybridized carbons (Fsp3) is 0.571. The molecule has 1 aliphatic rings. The van der Waals surface area contributed by atoms with Crippen molar-refractivity contribution in [1.29, 1.82) is 0 Å². The Kier molecular flexibility index (Phi) is 5.01. The van der Waals surface area contributed by atoms with Gasteiger partial charge in [0.25, 0.3) is 0 Å². The van der Waals surface area contributed by atoms with Crippen LogP contribution in [0.3, 0.4) is 0 Å². The van der Waals surface area contributed by atoms with Crippen LogP contribution in [0.1, 0.15) is 26.7 Å². The summed E-state index contributed by atoms with van der Waals surface area (Å²) in [6.07, 6.45) is 1.98. The molecule has 1 heterocycles. The van der Waals surface area contributed by atoms with E-state index >= 15 is 0 Å². The van der Waals surface area contributed by atoms with Gasteiger partial charge < -0.3 is 10.1 Å². The van der Waals surface area contributed by atoms with Crippen LogP contribution in [0.5, 0.6) is 0 Å². The topological polar surface area (TPSA) is 67.4 Å². The monoisotopic (exact) mass is 298 g/mol. The zero-order valence-corrected chi connectivity index (χ0v) is 12.7. The summed E-state index contributed by atoms with van der Waals surface area (Å²) in [6, 6.07) is 7.27. The highest BCUT2D eigenvalue weighted by atomic mass is 32.2. The predicted molar refractivity (Wildman–Crippen MR) is 79.4 cm³/mol. The van der Waals surface area contributed by atoms with Gasteiger partial charge >= 0.3 is 0 Å². The maximum Gasteiger partial charge on any atom is 0.242 e. The molecule has 0 bridgehead atoms. The standard InChI is InChI=1S/C14H22N2O3S/c1-3-15-20(17,18)14-7-5-4-6-13(14)16-12-8-9-19-11(2)10-12/h4-7,11-12,15-16H,3,8-10H2,1-2H3. The minimum absolute atomic E-state index is 0.207. The van der Waals surface area contributed by atoms with E-state index in [0.29, 0.717) is 23.7 Å². The van der Waals surface area contributed by atoms with Gasteiger partial charge in [0.15, 0.2) is 0 Å². The van der Waals surface area contributed by atoms with Crippen molar-refractivity contribution < 1.29 is 13.2 Å². The van der Waals surface area contributed by atoms with Gasteiger partial charge in [-0.1, -0.05) is 19.1 Å². The van der Waals surface area contributed by atoms with Gasteiger partial charge in [-0.2, -0.15) is 0 Å². The molecule has 0 amide bonds. The smallest absolute Gasteiger partial charge is 0.242 e. The highest BCUT2D eigenvalue weighted by Gasteiger charge is 2.22. The van der Waals surface area contributed by atoms with Crippen LogP contribution in [0.4, 0.5) is 5.69 Å². The first-order valence-corrected chi connectivity index (χ1v) is 8.48. The van der Waals surface area contributed by atoms with E-state index in [-0.39, 0.29) is 12.1 Å². The van der Waals surface area contributed by atoms with E-state index in [1.54, 1.807) is 19.1 Å². The number of rotatable bonds is 5. The number of hydrogen-bond donors (Lipinski definition) is 2. The van der Waals surface area contributed by atoms with Crippen molar-refractivity contribution in [3.8, 4) is 0 Å². The van der Waals surface area contributed by atoms with E-state index in [4.69, 9.17) is 4.74 Å². The molecule has 0 saturated carbocycles. The molecule has 1 saturated heterocycles. The predicted octanol–water partition coefficient (Wildman–Crippen LogP) is 1.96. The third kappa shape index (κ3) is 3.71. The Morgan fingerprint density at radius 1 is 1.35 bits per heavy atom. The molecule has 112 valence electrons. The summed E-state index contributed by atoms with van der Waals surface area (Å²) in [5.41, 5.74) is 0.660. The van der Waals surface area contributed by atoms with Crippen LogP contribution >= 0.6 is 0 Å². The van der Waals surface area contributed by atoms with Crippen LogP contribution in [0, 0.1) is 0 Å². The molecule has 2 atom stereocenters. The molecule has 2 rings (SSSR count). The maximum atomic E-state index is 12.2. The molecular weight excluding hydrogens is 276 g/mol. The molecule has 6 heteroatoms. The van der Waals surface area contributed by atoms with Crippen molar-refractivity contribution in [3.05, 3.63) is 24.3 Å². The van der Waals surface area contributed by atoms with Crippen molar-refractivity contribution >= 4 is 15.7 Å². The van der Waals surface area contributed by atoms with Crippen LogP contribution < -0.4 is 10.0 Å². The fourth-order valence-electron chi connectivity index (χ4n) is 2.44. The lowest BCUT2D eigenvalue weighted by Crippen LogP contribution is -2.33. The van der Waals surface area contributed by atoms with E-state index in [0.717, 1.165) is 12.8 Å². The molecular formula is C14H22N2O3S. The van der Waals surface area contributed by atoms with E-state index in [1.165, 1.54) is 0 Å². The number of nitrogens with one attached hydrogen (secondary N) is 2. The minimum Gasteiger partial charge on any atom is -0.381 e. The van der Waals surface area contributed by atoms with Crippen LogP contribution in [-0.2, 0) is 14.8 Å². The number of benzene rings is 1. The molecule has 0 radical (unpaired) electrons. The van der Waals surface area contributed by atoms with Crippen molar-refractivity contribution in [2.45, 2.75) is 43.7 Å². The van der Waals surface area contributed by atoms with E-state index < -0.39 is 10.0 Å². The summed E-state index contributed by atoms with van der Waals surface area (Å²) in [5.74, 6) is 0. The summed E-state index contributed by atoms with van der Waals surface area (Å²) in [7, 11) is -3.45. The number of para-hydroxylation sites is 1. The summed E-state index contributed by atoms with van der Waals surface area (Å²) in [4.78, 5) is 0.306. The van der Waals surface area contributed by atoms with Crippen molar-refractivity contribution in [2.24, 2.45) is 0 Å². The van der Waals surface area contributed by atoms with Crippen LogP contribution in [0.2, 0.25) is 0 Å². The van der Waals surface area contributed by atoms with Gasteiger partial charge in [-0.3, -0.25) is 0 Å². The van der Waals surface area contributed by atoms with Crippen molar-refractivity contribution in [1.82, 2.24) is 4.72 Å². The Labute approximate surface area is 120 Å². The van der Waals surface area contributed by atoms with Gasteiger partial charge in [0.1, 0.15) is 4.90 Å². The zero-order chi connectivity index (χ0) is 14.6. The molecule has 0 aliphatic carbocycles. The third-order valence-corrected chi connectivity index (χ3v) is 4.96. The maximum absolute atomic E-state index is 12.2. The second-order valence-electron chi connectivity index (χ2n) is 5.04. The van der Waals surface area contributed by atoms with Crippen LogP contribution in [0.15, 0.2) is 29.2 Å². The molecule has 2 unspecified atom stereocenters. The summed E-state index contributed by atoms with van der Waals surface area (Å²) in [5, 5.41) is 3.35. The Bertz CT molecular complexity index is 545. The molecule has 0 aromatic heterocycles. The number of sulfonamides is 1. The third-order valence-electron chi connectivity index (χ3n) is 3.36. The van der Waals surface area contributed by atoms with Gasteiger partial charge in [0, 0.05) is 19.2 Å². The van der Waals surface area contributed by atoms with Gasteiger partial charge in [-0.05, 0) is 31.9 Å². The Hall–Kier alpha value is -1.11. The van der Waals surface area contributed by atoms with Crippen molar-refractivity contribution in [2.75, 3.05) is 18.5 Å². The number of anilines is 1. The lowest BCUT2D eigenvalue weighted by atomic mass is 10.0. The average Bonchev–Trinajstić information content (AvgIpc) is 2.39. The average molecular weight is 298 g/mol. The number of ether oxygens (including phenoxy) is 1. The zero-order valence-electron chi connectivity index (χ0n) is 11.9. The number of hydrogen-bond acceptors (Lipinski definition) is 4. The van der Waals surface area contributed by atoms with Gasteiger partial charge in [0.05, 0.1) is 11.8 Å². The Balaban J connectivity index is 2.20. The molecule has 5 nitrogen and oxygen atoms in total. The van der Waals surface area contributed by atoms with Gasteiger partial charge in [0.2, 0.25) is 10.0 Å². The molecule has 1 aromatic rings. The van der Waals surface area contributed by atoms with E-state index in [9.17, 15) is 8.42 Å². The second-order valence-corrected chi connectivity index (χ2v) is 6.78. The quantitative estimate of drug-likeness (QED) is 0.872. The molecule has 1 aliphatic heterocycles. The Morgan fingerprint density at radius 3 is 2.80 bits per heavy atom. The highest BCUT2D eigenvalue weighted by molar-refractivity contribution is 7.89. The molecule has 1 fully saturated rings. The first-order valence-electron chi connectivity index (χ1n) is 6.99. The lowest BCUT2D eigenvalue weighted by molar-refractivity contribution is 0.0232. The van der Waals surface area contributed by atoms with E-state index in [2.05, 4.69) is 10.0 Å². The summed E-state index contributed by atoms with van der Waals surface area (Å²) in [6.45, 7) is 4.90. The van der Waals surface area contributed by atoms with Crippen molar-refractivity contribution in [3.63, 3.8) is 0 Å². The molecule has 20 heavy (non-hydrogen) atoms. The SMILES string of the molecule is CCNS(=O)(=O)c1ccccc1NC1CCOC(C)C1. The Morgan fingerprint density at radius 2 is 2.10 bits per heavy atom. The molecule has 2 N–H and O–H groups in total.